The first-order valence-electron chi connectivity index (χ1n) is 11.7. The van der Waals surface area contributed by atoms with Gasteiger partial charge in [-0.05, 0) is 25.5 Å². The Morgan fingerprint density at radius 2 is 1.97 bits per heavy atom. The highest BCUT2D eigenvalue weighted by Gasteiger charge is 2.28. The summed E-state index contributed by atoms with van der Waals surface area (Å²) < 4.78 is 16.9. The number of hydrogen-bond acceptors (Lipinski definition) is 10. The SMILES string of the molecule is Cc1cc(-c2nc(C(=O)Nc3cc4oc(N5CCOCC5)nc4nc3N3CCCC3=O)co2)ccn1. The standard InChI is InChI=1S/C24H23N7O5/c1-14-11-15(4-5-25-14)23-27-17(13-35-23)22(33)26-16-12-18-20(28-21(16)31-6-2-3-19(31)32)29-24(36-18)30-7-9-34-10-8-30/h4-5,11-13H,2-3,6-10H2,1H3,(H,26,33). The van der Waals surface area contributed by atoms with Gasteiger partial charge in [0.05, 0.1) is 18.9 Å². The number of carbonyl (C=O) groups excluding carboxylic acids is 2. The number of hydrogen-bond donors (Lipinski definition) is 1. The van der Waals surface area contributed by atoms with E-state index in [9.17, 15) is 9.59 Å². The summed E-state index contributed by atoms with van der Waals surface area (Å²) in [6.07, 6.45) is 4.07. The number of aryl methyl sites for hydroxylation is 1. The third-order valence-electron chi connectivity index (χ3n) is 6.09. The molecule has 2 aliphatic rings. The van der Waals surface area contributed by atoms with Crippen molar-refractivity contribution in [2.24, 2.45) is 0 Å². The van der Waals surface area contributed by atoms with E-state index >= 15 is 0 Å². The van der Waals surface area contributed by atoms with Crippen LogP contribution >= 0.6 is 0 Å². The molecule has 36 heavy (non-hydrogen) atoms. The first-order valence-corrected chi connectivity index (χ1v) is 11.7. The molecule has 2 amide bonds. The van der Waals surface area contributed by atoms with Crippen molar-refractivity contribution in [2.45, 2.75) is 19.8 Å². The third kappa shape index (κ3) is 4.15. The van der Waals surface area contributed by atoms with Crippen LogP contribution in [0.2, 0.25) is 0 Å². The number of morpholine rings is 1. The van der Waals surface area contributed by atoms with Gasteiger partial charge in [0.2, 0.25) is 17.4 Å². The number of fused-ring (bicyclic) bond motifs is 1. The predicted molar refractivity (Wildman–Crippen MR) is 129 cm³/mol. The molecular formula is C24H23N7O5. The smallest absolute Gasteiger partial charge is 0.300 e. The molecule has 4 aromatic rings. The molecule has 12 nitrogen and oxygen atoms in total. The molecule has 0 saturated carbocycles. The number of ether oxygens (including phenoxy) is 1. The van der Waals surface area contributed by atoms with Gasteiger partial charge in [0.15, 0.2) is 17.1 Å². The largest absolute Gasteiger partial charge is 0.444 e. The van der Waals surface area contributed by atoms with Crippen LogP contribution in [0.4, 0.5) is 17.5 Å². The molecular weight excluding hydrogens is 466 g/mol. The van der Waals surface area contributed by atoms with Crippen LogP contribution in [0.1, 0.15) is 29.0 Å². The van der Waals surface area contributed by atoms with Crippen LogP contribution in [0.5, 0.6) is 0 Å². The molecule has 12 heteroatoms. The van der Waals surface area contributed by atoms with Gasteiger partial charge >= 0.3 is 0 Å². The lowest BCUT2D eigenvalue weighted by atomic mass is 10.2. The van der Waals surface area contributed by atoms with Gasteiger partial charge in [-0.2, -0.15) is 4.98 Å². The maximum atomic E-state index is 13.1. The number of pyridine rings is 2. The number of carbonyl (C=O) groups is 2. The van der Waals surface area contributed by atoms with E-state index in [4.69, 9.17) is 13.6 Å². The average molecular weight is 489 g/mol. The van der Waals surface area contributed by atoms with Crippen molar-refractivity contribution >= 4 is 40.6 Å². The van der Waals surface area contributed by atoms with Crippen LogP contribution in [0.15, 0.2) is 39.5 Å². The molecule has 0 spiro atoms. The highest BCUT2D eigenvalue weighted by Crippen LogP contribution is 2.33. The van der Waals surface area contributed by atoms with Crippen LogP contribution < -0.4 is 15.1 Å². The molecule has 1 N–H and O–H groups in total. The molecule has 4 aromatic heterocycles. The summed E-state index contributed by atoms with van der Waals surface area (Å²) in [5.74, 6) is 0.0666. The van der Waals surface area contributed by atoms with Crippen molar-refractivity contribution in [3.8, 4) is 11.5 Å². The summed E-state index contributed by atoms with van der Waals surface area (Å²) >= 11 is 0. The Hall–Kier alpha value is -4.32. The van der Waals surface area contributed by atoms with Gasteiger partial charge in [-0.1, -0.05) is 0 Å². The second-order valence-corrected chi connectivity index (χ2v) is 8.60. The van der Waals surface area contributed by atoms with E-state index in [1.807, 2.05) is 17.9 Å². The summed E-state index contributed by atoms with van der Waals surface area (Å²) in [7, 11) is 0. The lowest BCUT2D eigenvalue weighted by molar-refractivity contribution is -0.117. The fourth-order valence-corrected chi connectivity index (χ4v) is 4.28. The van der Waals surface area contributed by atoms with Crippen molar-refractivity contribution in [2.75, 3.05) is 48.0 Å². The molecule has 0 radical (unpaired) electrons. The van der Waals surface area contributed by atoms with Gasteiger partial charge in [-0.25, -0.2) is 9.97 Å². The molecule has 0 aromatic carbocycles. The highest BCUT2D eigenvalue weighted by molar-refractivity contribution is 6.07. The number of rotatable bonds is 5. The van der Waals surface area contributed by atoms with Gasteiger partial charge in [-0.3, -0.25) is 19.5 Å². The molecule has 0 aliphatic carbocycles. The lowest BCUT2D eigenvalue weighted by Gasteiger charge is -2.24. The van der Waals surface area contributed by atoms with Crippen molar-refractivity contribution < 1.29 is 23.2 Å². The van der Waals surface area contributed by atoms with Crippen molar-refractivity contribution in [3.05, 3.63) is 42.0 Å². The van der Waals surface area contributed by atoms with E-state index in [1.54, 1.807) is 23.2 Å². The minimum Gasteiger partial charge on any atom is -0.444 e. The van der Waals surface area contributed by atoms with Crippen molar-refractivity contribution in [1.29, 1.82) is 0 Å². The molecule has 2 saturated heterocycles. The predicted octanol–water partition coefficient (Wildman–Crippen LogP) is 2.80. The van der Waals surface area contributed by atoms with Crippen LogP contribution in [-0.2, 0) is 9.53 Å². The molecule has 6 heterocycles. The fraction of sp³-hybridized carbons (Fsp3) is 0.333. The second-order valence-electron chi connectivity index (χ2n) is 8.60. The average Bonchev–Trinajstić information content (AvgIpc) is 3.63. The molecule has 6 rings (SSSR count). The van der Waals surface area contributed by atoms with E-state index < -0.39 is 5.91 Å². The van der Waals surface area contributed by atoms with Crippen LogP contribution in [0, 0.1) is 6.92 Å². The van der Waals surface area contributed by atoms with Gasteiger partial charge < -0.3 is 23.8 Å². The fourth-order valence-electron chi connectivity index (χ4n) is 4.28. The summed E-state index contributed by atoms with van der Waals surface area (Å²) in [5, 5.41) is 2.83. The summed E-state index contributed by atoms with van der Waals surface area (Å²) in [6.45, 7) is 4.83. The van der Waals surface area contributed by atoms with Crippen molar-refractivity contribution in [3.63, 3.8) is 0 Å². The maximum Gasteiger partial charge on any atom is 0.300 e. The normalized spacial score (nSPS) is 16.2. The quantitative estimate of drug-likeness (QED) is 0.445. The highest BCUT2D eigenvalue weighted by atomic mass is 16.5. The van der Waals surface area contributed by atoms with Gasteiger partial charge in [0.25, 0.3) is 11.9 Å². The van der Waals surface area contributed by atoms with Gasteiger partial charge in [0, 0.05) is 49.6 Å². The van der Waals surface area contributed by atoms with Crippen LogP contribution in [0.3, 0.4) is 0 Å². The topological polar surface area (TPSA) is 140 Å². The Balaban J connectivity index is 1.33. The number of aromatic nitrogens is 4. The van der Waals surface area contributed by atoms with E-state index in [0.29, 0.717) is 85.9 Å². The van der Waals surface area contributed by atoms with E-state index in [1.165, 1.54) is 6.26 Å². The summed E-state index contributed by atoms with van der Waals surface area (Å²) in [4.78, 5) is 46.8. The Kier molecular flexibility index (Phi) is 5.56. The Morgan fingerprint density at radius 1 is 1.11 bits per heavy atom. The molecule has 184 valence electrons. The zero-order valence-corrected chi connectivity index (χ0v) is 19.6. The Morgan fingerprint density at radius 3 is 2.75 bits per heavy atom. The monoisotopic (exact) mass is 489 g/mol. The number of anilines is 3. The summed E-state index contributed by atoms with van der Waals surface area (Å²) in [5.41, 5.74) is 2.70. The number of nitrogens with one attached hydrogen (secondary N) is 1. The molecule has 0 bridgehead atoms. The van der Waals surface area contributed by atoms with Gasteiger partial charge in [-0.15, -0.1) is 0 Å². The molecule has 0 atom stereocenters. The van der Waals surface area contributed by atoms with E-state index in [2.05, 4.69) is 25.3 Å². The maximum absolute atomic E-state index is 13.1. The van der Waals surface area contributed by atoms with E-state index in [0.717, 1.165) is 5.69 Å². The first-order chi connectivity index (χ1) is 17.5. The zero-order valence-electron chi connectivity index (χ0n) is 19.6. The minimum absolute atomic E-state index is 0.0639. The third-order valence-corrected chi connectivity index (χ3v) is 6.09. The zero-order chi connectivity index (χ0) is 24.6. The van der Waals surface area contributed by atoms with Gasteiger partial charge in [0.1, 0.15) is 6.26 Å². The van der Waals surface area contributed by atoms with Crippen LogP contribution in [-0.4, -0.2) is 64.6 Å². The molecule has 2 aliphatic heterocycles. The van der Waals surface area contributed by atoms with E-state index in [-0.39, 0.29) is 11.6 Å². The Bertz CT molecular complexity index is 1460. The number of nitrogens with zero attached hydrogens (tertiary/aromatic N) is 6. The van der Waals surface area contributed by atoms with Crippen molar-refractivity contribution in [1.82, 2.24) is 19.9 Å². The minimum atomic E-state index is -0.502. The number of amides is 2. The second kappa shape index (κ2) is 9.04. The molecule has 0 unspecified atom stereocenters. The number of oxazole rings is 2. The summed E-state index contributed by atoms with van der Waals surface area (Å²) in [6, 6.07) is 5.64. The Labute approximate surface area is 205 Å². The first kappa shape index (κ1) is 22.2. The lowest BCUT2D eigenvalue weighted by Crippen LogP contribution is -2.36. The molecule has 2 fully saturated rings. The van der Waals surface area contributed by atoms with Crippen LogP contribution in [0.25, 0.3) is 22.7 Å².